The Hall–Kier alpha value is -7.03. The zero-order valence-corrected chi connectivity index (χ0v) is 28.4. The van der Waals surface area contributed by atoms with Crippen LogP contribution in [0.4, 0.5) is 0 Å². The van der Waals surface area contributed by atoms with Crippen molar-refractivity contribution in [2.45, 2.75) is 0 Å². The highest BCUT2D eigenvalue weighted by Gasteiger charge is 2.15. The number of fused-ring (bicyclic) bond motifs is 11. The highest BCUT2D eigenvalue weighted by Crippen LogP contribution is 2.37. The Bertz CT molecular complexity index is 3650. The van der Waals surface area contributed by atoms with Gasteiger partial charge in [-0.1, -0.05) is 48.5 Å². The van der Waals surface area contributed by atoms with Gasteiger partial charge in [-0.25, -0.2) is 4.79 Å². The third kappa shape index (κ3) is 4.30. The minimum Gasteiger partial charge on any atom is -0.478 e. The SMILES string of the molecule is O=C(O)c1c2ccccc2cc2cc3cc4cc5cc6cc7cc8cc9cc%10cc%11ccccc%11cc%10cc9cc8cc7cc6cc5cc4cc3cc12. The molecule has 0 radical (unpaired) electrons. The molecule has 2 heteroatoms. The Morgan fingerprint density at radius 3 is 0.849 bits per heavy atom. The zero-order chi connectivity index (χ0) is 34.9. The van der Waals surface area contributed by atoms with Gasteiger partial charge < -0.3 is 5.11 Å². The van der Waals surface area contributed by atoms with Crippen LogP contribution in [-0.4, -0.2) is 11.1 Å². The molecule has 2 nitrogen and oxygen atoms in total. The van der Waals surface area contributed by atoms with Crippen LogP contribution >= 0.6 is 0 Å². The smallest absolute Gasteiger partial charge is 0.336 e. The highest BCUT2D eigenvalue weighted by molar-refractivity contribution is 6.20. The van der Waals surface area contributed by atoms with Crippen molar-refractivity contribution in [1.29, 1.82) is 0 Å². The van der Waals surface area contributed by atoms with E-state index >= 15 is 0 Å². The molecule has 0 aliphatic carbocycles. The molecule has 0 aliphatic heterocycles. The average Bonchev–Trinajstić information content (AvgIpc) is 3.15. The van der Waals surface area contributed by atoms with Crippen molar-refractivity contribution in [3.8, 4) is 0 Å². The molecule has 1 N–H and O–H groups in total. The third-order valence-electron chi connectivity index (χ3n) is 11.6. The van der Waals surface area contributed by atoms with Gasteiger partial charge in [0.1, 0.15) is 0 Å². The third-order valence-corrected chi connectivity index (χ3v) is 11.6. The van der Waals surface area contributed by atoms with E-state index in [2.05, 4.69) is 140 Å². The lowest BCUT2D eigenvalue weighted by Crippen LogP contribution is -1.99. The van der Waals surface area contributed by atoms with Gasteiger partial charge in [-0.05, 0) is 234 Å². The van der Waals surface area contributed by atoms with Gasteiger partial charge >= 0.3 is 5.97 Å². The fraction of sp³-hybridized carbons (Fsp3) is 0. The number of carboxylic acid groups (broad SMARTS) is 1. The summed E-state index contributed by atoms with van der Waals surface area (Å²) in [6.45, 7) is 0. The first-order valence-corrected chi connectivity index (χ1v) is 18.1. The van der Waals surface area contributed by atoms with Gasteiger partial charge in [0.25, 0.3) is 0 Å². The van der Waals surface area contributed by atoms with Crippen molar-refractivity contribution in [1.82, 2.24) is 0 Å². The summed E-state index contributed by atoms with van der Waals surface area (Å²) in [5, 5.41) is 35.5. The number of rotatable bonds is 1. The van der Waals surface area contributed by atoms with Crippen molar-refractivity contribution in [2.24, 2.45) is 0 Å². The lowest BCUT2D eigenvalue weighted by Gasteiger charge is -2.12. The van der Waals surface area contributed by atoms with E-state index in [1.807, 2.05) is 24.3 Å². The van der Waals surface area contributed by atoms with E-state index in [1.54, 1.807) is 0 Å². The van der Waals surface area contributed by atoms with Crippen molar-refractivity contribution in [3.63, 3.8) is 0 Å². The molecule has 12 rings (SSSR count). The van der Waals surface area contributed by atoms with Gasteiger partial charge in [0.15, 0.2) is 0 Å². The highest BCUT2D eigenvalue weighted by atomic mass is 16.4. The van der Waals surface area contributed by atoms with Crippen LogP contribution in [0, 0.1) is 0 Å². The lowest BCUT2D eigenvalue weighted by atomic mass is 9.92. The summed E-state index contributed by atoms with van der Waals surface area (Å²) < 4.78 is 0. The molecule has 0 saturated carbocycles. The molecule has 0 aromatic heterocycles. The predicted molar refractivity (Wildman–Crippen MR) is 226 cm³/mol. The topological polar surface area (TPSA) is 37.3 Å². The van der Waals surface area contributed by atoms with Crippen LogP contribution in [0.1, 0.15) is 10.4 Å². The standard InChI is InChI=1S/C51H28O2/c52-51(53)50-48-8-4-3-7-30(48)11-47-26-45-24-43-22-41-20-39-18-37-16-35-14-33-12-31-9-28-5-1-2-6-29(28)10-32(31)13-34(33)15-36(35)17-38(37)19-40(39)21-42(41)23-44(43)25-46(45)27-49(47)50/h1-27H,(H,52,53). The summed E-state index contributed by atoms with van der Waals surface area (Å²) in [6, 6.07) is 59.5. The average molecular weight is 673 g/mol. The Balaban J connectivity index is 1.02. The number of carbonyl (C=O) groups is 1. The van der Waals surface area contributed by atoms with Crippen molar-refractivity contribution in [3.05, 3.63) is 169 Å². The molecular formula is C51H28O2. The van der Waals surface area contributed by atoms with Crippen LogP contribution in [0.25, 0.3) is 118 Å². The van der Waals surface area contributed by atoms with Crippen LogP contribution in [0.15, 0.2) is 164 Å². The van der Waals surface area contributed by atoms with Gasteiger partial charge in [0.05, 0.1) is 5.56 Å². The number of aromatic carboxylic acids is 1. The molecule has 12 aromatic rings. The van der Waals surface area contributed by atoms with Gasteiger partial charge in [0.2, 0.25) is 0 Å². The summed E-state index contributed by atoms with van der Waals surface area (Å²) in [6.07, 6.45) is 0. The molecule has 0 fully saturated rings. The lowest BCUT2D eigenvalue weighted by molar-refractivity contribution is 0.0701. The van der Waals surface area contributed by atoms with Gasteiger partial charge in [-0.3, -0.25) is 0 Å². The van der Waals surface area contributed by atoms with Crippen molar-refractivity contribution < 1.29 is 9.90 Å². The van der Waals surface area contributed by atoms with E-state index in [9.17, 15) is 9.90 Å². The van der Waals surface area contributed by atoms with Gasteiger partial charge in [0, 0.05) is 0 Å². The minimum absolute atomic E-state index is 0.362. The maximum Gasteiger partial charge on any atom is 0.336 e. The molecule has 0 unspecified atom stereocenters. The number of hydrogen-bond donors (Lipinski definition) is 1. The molecular weight excluding hydrogens is 645 g/mol. The largest absolute Gasteiger partial charge is 0.478 e. The molecule has 0 atom stereocenters. The molecule has 0 spiro atoms. The second kappa shape index (κ2) is 10.3. The van der Waals surface area contributed by atoms with Crippen LogP contribution < -0.4 is 0 Å². The Morgan fingerprint density at radius 2 is 0.509 bits per heavy atom. The van der Waals surface area contributed by atoms with E-state index in [-0.39, 0.29) is 0 Å². The van der Waals surface area contributed by atoms with E-state index < -0.39 is 5.97 Å². The van der Waals surface area contributed by atoms with E-state index in [1.165, 1.54) is 80.8 Å². The Morgan fingerprint density at radius 1 is 0.264 bits per heavy atom. The summed E-state index contributed by atoms with van der Waals surface area (Å²) in [5.41, 5.74) is 0.362. The first-order chi connectivity index (χ1) is 26.0. The summed E-state index contributed by atoms with van der Waals surface area (Å²) in [7, 11) is 0. The summed E-state index contributed by atoms with van der Waals surface area (Å²) in [4.78, 5) is 12.5. The van der Waals surface area contributed by atoms with Crippen molar-refractivity contribution in [2.75, 3.05) is 0 Å². The molecule has 244 valence electrons. The van der Waals surface area contributed by atoms with Gasteiger partial charge in [-0.15, -0.1) is 0 Å². The molecule has 0 saturated heterocycles. The number of hydrogen-bond acceptors (Lipinski definition) is 1. The first kappa shape index (κ1) is 28.6. The van der Waals surface area contributed by atoms with Crippen LogP contribution in [0.2, 0.25) is 0 Å². The second-order valence-corrected chi connectivity index (χ2v) is 14.8. The molecule has 0 bridgehead atoms. The van der Waals surface area contributed by atoms with Crippen LogP contribution in [-0.2, 0) is 0 Å². The fourth-order valence-electron chi connectivity index (χ4n) is 9.00. The van der Waals surface area contributed by atoms with Crippen molar-refractivity contribution >= 4 is 124 Å². The molecule has 0 heterocycles. The fourth-order valence-corrected chi connectivity index (χ4v) is 9.00. The van der Waals surface area contributed by atoms with Crippen LogP contribution in [0.5, 0.6) is 0 Å². The maximum atomic E-state index is 12.5. The van der Waals surface area contributed by atoms with E-state index in [0.717, 1.165) is 37.7 Å². The monoisotopic (exact) mass is 672 g/mol. The number of benzene rings is 12. The van der Waals surface area contributed by atoms with Gasteiger partial charge in [-0.2, -0.15) is 0 Å². The maximum absolute atomic E-state index is 12.5. The number of carboxylic acids is 1. The quantitative estimate of drug-likeness (QED) is 0.176. The Labute approximate surface area is 302 Å². The van der Waals surface area contributed by atoms with E-state index in [4.69, 9.17) is 0 Å². The summed E-state index contributed by atoms with van der Waals surface area (Å²) >= 11 is 0. The second-order valence-electron chi connectivity index (χ2n) is 14.8. The Kier molecular flexibility index (Phi) is 5.56. The molecule has 0 aliphatic rings. The van der Waals surface area contributed by atoms with Crippen LogP contribution in [0.3, 0.4) is 0 Å². The normalized spacial score (nSPS) is 12.3. The summed E-state index contributed by atoms with van der Waals surface area (Å²) in [5.74, 6) is -0.902. The molecule has 12 aromatic carbocycles. The zero-order valence-electron chi connectivity index (χ0n) is 28.4. The predicted octanol–water partition coefficient (Wildman–Crippen LogP) is 14.1. The molecule has 53 heavy (non-hydrogen) atoms. The molecule has 0 amide bonds. The first-order valence-electron chi connectivity index (χ1n) is 18.1. The van der Waals surface area contributed by atoms with E-state index in [0.29, 0.717) is 5.56 Å². The minimum atomic E-state index is -0.902.